The second-order valence-corrected chi connectivity index (χ2v) is 6.17. The molecule has 3 rings (SSSR count). The van der Waals surface area contributed by atoms with Crippen LogP contribution in [0.25, 0.3) is 0 Å². The zero-order chi connectivity index (χ0) is 16.8. The van der Waals surface area contributed by atoms with E-state index in [2.05, 4.69) is 17.6 Å². The lowest BCUT2D eigenvalue weighted by atomic mass is 10.1. The summed E-state index contributed by atoms with van der Waals surface area (Å²) in [7, 11) is 0. The van der Waals surface area contributed by atoms with E-state index < -0.39 is 0 Å². The van der Waals surface area contributed by atoms with Gasteiger partial charge in [-0.25, -0.2) is 0 Å². The Bertz CT molecular complexity index is 678. The first-order chi connectivity index (χ1) is 11.8. The molecule has 0 bridgehead atoms. The third-order valence-corrected chi connectivity index (χ3v) is 4.13. The van der Waals surface area contributed by atoms with Gasteiger partial charge in [-0.15, -0.1) is 0 Å². The molecule has 4 heteroatoms. The van der Waals surface area contributed by atoms with Gasteiger partial charge in [-0.2, -0.15) is 0 Å². The average Bonchev–Trinajstić information content (AvgIpc) is 3.44. The molecule has 1 saturated carbocycles. The van der Waals surface area contributed by atoms with Crippen LogP contribution in [0.2, 0.25) is 0 Å². The number of hydrogen-bond donors (Lipinski definition) is 2. The van der Waals surface area contributed by atoms with E-state index in [0.717, 1.165) is 42.6 Å². The van der Waals surface area contributed by atoms with Crippen LogP contribution in [-0.2, 0) is 6.54 Å². The Balaban J connectivity index is 1.61. The van der Waals surface area contributed by atoms with E-state index in [1.807, 2.05) is 48.5 Å². The quantitative estimate of drug-likeness (QED) is 0.776. The summed E-state index contributed by atoms with van der Waals surface area (Å²) < 4.78 is 5.71. The summed E-state index contributed by atoms with van der Waals surface area (Å²) in [6.07, 6.45) is 2.54. The summed E-state index contributed by atoms with van der Waals surface area (Å²) in [5.74, 6) is 1.44. The molecule has 2 aromatic rings. The summed E-state index contributed by atoms with van der Waals surface area (Å²) in [5.41, 5.74) is 2.56. The van der Waals surface area contributed by atoms with Gasteiger partial charge >= 0.3 is 0 Å². The number of carbonyl (C=O) groups is 1. The zero-order valence-corrected chi connectivity index (χ0v) is 14.0. The molecule has 2 aromatic carbocycles. The SMILES string of the molecule is CCNCc1ccccc1NC(=O)c1ccc(OCC2CC2)cc1. The average molecular weight is 324 g/mol. The maximum Gasteiger partial charge on any atom is 0.255 e. The van der Waals surface area contributed by atoms with Crippen LogP contribution in [0.4, 0.5) is 5.69 Å². The van der Waals surface area contributed by atoms with Gasteiger partial charge in [-0.05, 0) is 61.2 Å². The lowest BCUT2D eigenvalue weighted by Crippen LogP contribution is -2.17. The fourth-order valence-corrected chi connectivity index (χ4v) is 2.45. The number of nitrogens with one attached hydrogen (secondary N) is 2. The summed E-state index contributed by atoms with van der Waals surface area (Å²) in [4.78, 5) is 12.5. The second kappa shape index (κ2) is 7.97. The van der Waals surface area contributed by atoms with Gasteiger partial charge in [-0.1, -0.05) is 25.1 Å². The summed E-state index contributed by atoms with van der Waals surface area (Å²) in [5, 5.41) is 6.28. The van der Waals surface area contributed by atoms with Crippen LogP contribution in [0.3, 0.4) is 0 Å². The minimum Gasteiger partial charge on any atom is -0.493 e. The molecule has 1 aliphatic rings. The first kappa shape index (κ1) is 16.5. The molecule has 0 atom stereocenters. The maximum atomic E-state index is 12.5. The third-order valence-electron chi connectivity index (χ3n) is 4.13. The van der Waals surface area contributed by atoms with E-state index in [4.69, 9.17) is 4.74 Å². The lowest BCUT2D eigenvalue weighted by molar-refractivity contribution is 0.102. The van der Waals surface area contributed by atoms with Crippen molar-refractivity contribution in [3.63, 3.8) is 0 Å². The summed E-state index contributed by atoms with van der Waals surface area (Å²) in [6, 6.07) is 15.2. The fraction of sp³-hybridized carbons (Fsp3) is 0.350. The molecule has 24 heavy (non-hydrogen) atoms. The van der Waals surface area contributed by atoms with Crippen LogP contribution in [0, 0.1) is 5.92 Å². The zero-order valence-electron chi connectivity index (χ0n) is 14.0. The van der Waals surface area contributed by atoms with Gasteiger partial charge in [0.15, 0.2) is 0 Å². The molecule has 0 aliphatic heterocycles. The molecule has 2 N–H and O–H groups in total. The molecule has 4 nitrogen and oxygen atoms in total. The van der Waals surface area contributed by atoms with Crippen LogP contribution >= 0.6 is 0 Å². The highest BCUT2D eigenvalue weighted by molar-refractivity contribution is 6.04. The fourth-order valence-electron chi connectivity index (χ4n) is 2.45. The maximum absolute atomic E-state index is 12.5. The van der Waals surface area contributed by atoms with Crippen molar-refractivity contribution in [1.82, 2.24) is 5.32 Å². The van der Waals surface area contributed by atoms with Gasteiger partial charge < -0.3 is 15.4 Å². The Kier molecular flexibility index (Phi) is 5.49. The Morgan fingerprint density at radius 2 is 1.88 bits per heavy atom. The predicted octanol–water partition coefficient (Wildman–Crippen LogP) is 3.84. The highest BCUT2D eigenvalue weighted by Crippen LogP contribution is 2.29. The van der Waals surface area contributed by atoms with Crippen molar-refractivity contribution in [2.75, 3.05) is 18.5 Å². The molecular weight excluding hydrogens is 300 g/mol. The summed E-state index contributed by atoms with van der Waals surface area (Å²) in [6.45, 7) is 4.48. The summed E-state index contributed by atoms with van der Waals surface area (Å²) >= 11 is 0. The van der Waals surface area contributed by atoms with Crippen molar-refractivity contribution in [3.05, 3.63) is 59.7 Å². The van der Waals surface area contributed by atoms with Crippen molar-refractivity contribution >= 4 is 11.6 Å². The minimum absolute atomic E-state index is 0.104. The highest BCUT2D eigenvalue weighted by atomic mass is 16.5. The largest absolute Gasteiger partial charge is 0.493 e. The number of hydrogen-bond acceptors (Lipinski definition) is 3. The normalized spacial score (nSPS) is 13.5. The molecule has 0 aromatic heterocycles. The number of benzene rings is 2. The highest BCUT2D eigenvalue weighted by Gasteiger charge is 2.21. The van der Waals surface area contributed by atoms with Crippen molar-refractivity contribution in [2.24, 2.45) is 5.92 Å². The van der Waals surface area contributed by atoms with E-state index in [9.17, 15) is 4.79 Å². The first-order valence-corrected chi connectivity index (χ1v) is 8.59. The Hall–Kier alpha value is -2.33. The lowest BCUT2D eigenvalue weighted by Gasteiger charge is -2.12. The Labute approximate surface area is 143 Å². The topological polar surface area (TPSA) is 50.4 Å². The van der Waals surface area contributed by atoms with E-state index in [1.165, 1.54) is 12.8 Å². The van der Waals surface area contributed by atoms with Gasteiger partial charge in [0.25, 0.3) is 5.91 Å². The number of para-hydroxylation sites is 1. The number of carbonyl (C=O) groups excluding carboxylic acids is 1. The molecule has 1 aliphatic carbocycles. The van der Waals surface area contributed by atoms with Crippen molar-refractivity contribution in [3.8, 4) is 5.75 Å². The molecule has 0 saturated heterocycles. The van der Waals surface area contributed by atoms with Crippen LogP contribution in [0.1, 0.15) is 35.7 Å². The molecule has 126 valence electrons. The minimum atomic E-state index is -0.104. The van der Waals surface area contributed by atoms with Crippen LogP contribution in [0.15, 0.2) is 48.5 Å². The van der Waals surface area contributed by atoms with Crippen LogP contribution < -0.4 is 15.4 Å². The number of ether oxygens (including phenoxy) is 1. The van der Waals surface area contributed by atoms with E-state index in [-0.39, 0.29) is 5.91 Å². The van der Waals surface area contributed by atoms with Crippen LogP contribution in [0.5, 0.6) is 5.75 Å². The monoisotopic (exact) mass is 324 g/mol. The Morgan fingerprint density at radius 3 is 2.58 bits per heavy atom. The number of anilines is 1. The van der Waals surface area contributed by atoms with E-state index in [1.54, 1.807) is 0 Å². The second-order valence-electron chi connectivity index (χ2n) is 6.17. The van der Waals surface area contributed by atoms with E-state index in [0.29, 0.717) is 5.56 Å². The molecule has 0 unspecified atom stereocenters. The van der Waals surface area contributed by atoms with Gasteiger partial charge in [0.1, 0.15) is 5.75 Å². The van der Waals surface area contributed by atoms with Crippen molar-refractivity contribution < 1.29 is 9.53 Å². The van der Waals surface area contributed by atoms with Crippen LogP contribution in [-0.4, -0.2) is 19.1 Å². The van der Waals surface area contributed by atoms with Gasteiger partial charge in [-0.3, -0.25) is 4.79 Å². The number of amides is 1. The third kappa shape index (κ3) is 4.59. The van der Waals surface area contributed by atoms with Crippen molar-refractivity contribution in [1.29, 1.82) is 0 Å². The molecule has 1 amide bonds. The molecule has 1 fully saturated rings. The number of rotatable bonds is 8. The molecule has 0 spiro atoms. The van der Waals surface area contributed by atoms with Crippen molar-refractivity contribution in [2.45, 2.75) is 26.3 Å². The molecular formula is C20H24N2O2. The van der Waals surface area contributed by atoms with Gasteiger partial charge in [0.2, 0.25) is 0 Å². The van der Waals surface area contributed by atoms with E-state index >= 15 is 0 Å². The Morgan fingerprint density at radius 1 is 1.12 bits per heavy atom. The molecule has 0 heterocycles. The standard InChI is InChI=1S/C20H24N2O2/c1-2-21-13-17-5-3-4-6-19(17)22-20(23)16-9-11-18(12-10-16)24-14-15-7-8-15/h3-6,9-12,15,21H,2,7-8,13-14H2,1H3,(H,22,23). The predicted molar refractivity (Wildman–Crippen MR) is 96.4 cm³/mol. The van der Waals surface area contributed by atoms with Gasteiger partial charge in [0.05, 0.1) is 6.61 Å². The van der Waals surface area contributed by atoms with Gasteiger partial charge in [0, 0.05) is 17.8 Å². The first-order valence-electron chi connectivity index (χ1n) is 8.59. The molecule has 0 radical (unpaired) electrons. The smallest absolute Gasteiger partial charge is 0.255 e.